The number of ether oxygens (including phenoxy) is 1. The van der Waals surface area contributed by atoms with Gasteiger partial charge in [-0.1, -0.05) is 0 Å². The second kappa shape index (κ2) is 5.39. The van der Waals surface area contributed by atoms with Gasteiger partial charge in [-0.15, -0.1) is 0 Å². The number of rotatable bonds is 3. The first-order valence-corrected chi connectivity index (χ1v) is 6.93. The molecule has 2 aliphatic heterocycles. The molecule has 4 nitrogen and oxygen atoms in total. The van der Waals surface area contributed by atoms with Gasteiger partial charge in [-0.3, -0.25) is 9.59 Å². The van der Waals surface area contributed by atoms with Crippen LogP contribution in [-0.2, 0) is 14.3 Å². The number of likely N-dealkylation sites (tertiary alicyclic amines) is 1. The van der Waals surface area contributed by atoms with Crippen molar-refractivity contribution < 1.29 is 14.3 Å². The third-order valence-electron chi connectivity index (χ3n) is 4.33. The summed E-state index contributed by atoms with van der Waals surface area (Å²) in [5, 5.41) is 0. The van der Waals surface area contributed by atoms with Gasteiger partial charge >= 0.3 is 0 Å². The van der Waals surface area contributed by atoms with Crippen LogP contribution >= 0.6 is 0 Å². The lowest BCUT2D eigenvalue weighted by Gasteiger charge is -2.31. The molecule has 0 saturated carbocycles. The van der Waals surface area contributed by atoms with Crippen molar-refractivity contribution in [2.24, 2.45) is 5.92 Å². The van der Waals surface area contributed by atoms with Crippen LogP contribution in [0, 0.1) is 5.92 Å². The van der Waals surface area contributed by atoms with Gasteiger partial charge in [-0.05, 0) is 39.0 Å². The molecular formula is C14H23NO3. The number of Topliss-reactive ketones (excluding diaryl/α,β-unsaturated/α-hetero) is 1. The van der Waals surface area contributed by atoms with E-state index in [-0.39, 0.29) is 11.7 Å². The SMILES string of the molecule is CC1(C)C(=O)CCN1C(=O)CCC1CCOCC1. The van der Waals surface area contributed by atoms with E-state index < -0.39 is 5.54 Å². The zero-order chi connectivity index (χ0) is 13.2. The number of ketones is 1. The van der Waals surface area contributed by atoms with Gasteiger partial charge in [0.25, 0.3) is 0 Å². The summed E-state index contributed by atoms with van der Waals surface area (Å²) in [5.74, 6) is 0.934. The standard InChI is InChI=1S/C14H23NO3/c1-14(2)12(16)5-8-15(14)13(17)4-3-11-6-9-18-10-7-11/h11H,3-10H2,1-2H3. The van der Waals surface area contributed by atoms with E-state index in [1.807, 2.05) is 13.8 Å². The summed E-state index contributed by atoms with van der Waals surface area (Å²) in [4.78, 5) is 25.7. The van der Waals surface area contributed by atoms with E-state index in [1.165, 1.54) is 0 Å². The average molecular weight is 253 g/mol. The summed E-state index contributed by atoms with van der Waals surface area (Å²) in [6.07, 6.45) is 4.14. The molecule has 0 aromatic rings. The minimum absolute atomic E-state index is 0.136. The largest absolute Gasteiger partial charge is 0.381 e. The van der Waals surface area contributed by atoms with Crippen LogP contribution in [0.15, 0.2) is 0 Å². The van der Waals surface area contributed by atoms with Crippen LogP contribution in [0.25, 0.3) is 0 Å². The Morgan fingerprint density at radius 3 is 2.61 bits per heavy atom. The van der Waals surface area contributed by atoms with Crippen molar-refractivity contribution in [1.29, 1.82) is 0 Å². The summed E-state index contributed by atoms with van der Waals surface area (Å²) in [6.45, 7) is 5.96. The highest BCUT2D eigenvalue weighted by molar-refractivity contribution is 5.95. The molecule has 102 valence electrons. The normalized spacial score (nSPS) is 24.6. The molecule has 2 rings (SSSR count). The number of amides is 1. The van der Waals surface area contributed by atoms with Crippen LogP contribution in [0.5, 0.6) is 0 Å². The van der Waals surface area contributed by atoms with E-state index in [0.29, 0.717) is 25.3 Å². The van der Waals surface area contributed by atoms with E-state index in [1.54, 1.807) is 4.90 Å². The highest BCUT2D eigenvalue weighted by Gasteiger charge is 2.42. The lowest BCUT2D eigenvalue weighted by atomic mass is 9.94. The third kappa shape index (κ3) is 2.74. The zero-order valence-corrected chi connectivity index (χ0v) is 11.4. The molecule has 1 amide bonds. The van der Waals surface area contributed by atoms with Gasteiger partial charge < -0.3 is 9.64 Å². The monoisotopic (exact) mass is 253 g/mol. The van der Waals surface area contributed by atoms with Gasteiger partial charge in [0.05, 0.1) is 5.54 Å². The lowest BCUT2D eigenvalue weighted by molar-refractivity contribution is -0.139. The third-order valence-corrected chi connectivity index (χ3v) is 4.33. The first-order chi connectivity index (χ1) is 8.51. The maximum atomic E-state index is 12.2. The van der Waals surface area contributed by atoms with Crippen molar-refractivity contribution in [1.82, 2.24) is 4.90 Å². The van der Waals surface area contributed by atoms with Crippen molar-refractivity contribution in [2.75, 3.05) is 19.8 Å². The molecule has 2 heterocycles. The fourth-order valence-electron chi connectivity index (χ4n) is 2.88. The Hall–Kier alpha value is -0.900. The maximum absolute atomic E-state index is 12.2. The van der Waals surface area contributed by atoms with E-state index in [9.17, 15) is 9.59 Å². The van der Waals surface area contributed by atoms with Crippen molar-refractivity contribution in [3.8, 4) is 0 Å². The Balaban J connectivity index is 1.83. The molecule has 2 aliphatic rings. The predicted molar refractivity (Wildman–Crippen MR) is 68.2 cm³/mol. The molecule has 0 aromatic heterocycles. The second-order valence-electron chi connectivity index (χ2n) is 5.87. The van der Waals surface area contributed by atoms with E-state index in [2.05, 4.69) is 0 Å². The summed E-state index contributed by atoms with van der Waals surface area (Å²) in [5.41, 5.74) is -0.591. The Bertz CT molecular complexity index is 332. The van der Waals surface area contributed by atoms with Crippen LogP contribution in [0.2, 0.25) is 0 Å². The topological polar surface area (TPSA) is 46.6 Å². The van der Waals surface area contributed by atoms with E-state index >= 15 is 0 Å². The lowest BCUT2D eigenvalue weighted by Crippen LogP contribution is -2.46. The molecule has 2 saturated heterocycles. The van der Waals surface area contributed by atoms with E-state index in [0.717, 1.165) is 32.5 Å². The number of hydrogen-bond acceptors (Lipinski definition) is 3. The number of nitrogens with zero attached hydrogens (tertiary/aromatic N) is 1. The van der Waals surface area contributed by atoms with Gasteiger partial charge in [0.2, 0.25) is 5.91 Å². The Morgan fingerprint density at radius 1 is 1.39 bits per heavy atom. The van der Waals surface area contributed by atoms with Crippen LogP contribution in [0.1, 0.15) is 46.0 Å². The molecule has 0 unspecified atom stereocenters. The smallest absolute Gasteiger partial charge is 0.223 e. The highest BCUT2D eigenvalue weighted by atomic mass is 16.5. The van der Waals surface area contributed by atoms with Crippen LogP contribution in [0.3, 0.4) is 0 Å². The Kier molecular flexibility index (Phi) is 4.05. The highest BCUT2D eigenvalue weighted by Crippen LogP contribution is 2.27. The summed E-state index contributed by atoms with van der Waals surface area (Å²) >= 11 is 0. The van der Waals surface area contributed by atoms with Crippen LogP contribution in [-0.4, -0.2) is 41.9 Å². The zero-order valence-electron chi connectivity index (χ0n) is 11.4. The molecule has 4 heteroatoms. The first kappa shape index (κ1) is 13.5. The fourth-order valence-corrected chi connectivity index (χ4v) is 2.88. The molecule has 0 atom stereocenters. The van der Waals surface area contributed by atoms with Crippen molar-refractivity contribution in [2.45, 2.75) is 51.5 Å². The van der Waals surface area contributed by atoms with Gasteiger partial charge in [0, 0.05) is 32.6 Å². The van der Waals surface area contributed by atoms with E-state index in [4.69, 9.17) is 4.74 Å². The van der Waals surface area contributed by atoms with Crippen molar-refractivity contribution >= 4 is 11.7 Å². The molecule has 0 aromatic carbocycles. The minimum atomic E-state index is -0.591. The number of carbonyl (C=O) groups is 2. The average Bonchev–Trinajstić information content (AvgIpc) is 2.63. The Morgan fingerprint density at radius 2 is 2.06 bits per heavy atom. The molecule has 0 N–H and O–H groups in total. The van der Waals surface area contributed by atoms with Crippen molar-refractivity contribution in [3.05, 3.63) is 0 Å². The van der Waals surface area contributed by atoms with Crippen LogP contribution < -0.4 is 0 Å². The van der Waals surface area contributed by atoms with Gasteiger partial charge in [-0.2, -0.15) is 0 Å². The summed E-state index contributed by atoms with van der Waals surface area (Å²) in [6, 6.07) is 0. The second-order valence-corrected chi connectivity index (χ2v) is 5.87. The molecular weight excluding hydrogens is 230 g/mol. The molecule has 0 radical (unpaired) electrons. The maximum Gasteiger partial charge on any atom is 0.223 e. The first-order valence-electron chi connectivity index (χ1n) is 6.93. The number of hydrogen-bond donors (Lipinski definition) is 0. The van der Waals surface area contributed by atoms with Crippen molar-refractivity contribution in [3.63, 3.8) is 0 Å². The quantitative estimate of drug-likeness (QED) is 0.770. The van der Waals surface area contributed by atoms with Gasteiger partial charge in [-0.25, -0.2) is 0 Å². The van der Waals surface area contributed by atoms with Crippen LogP contribution in [0.4, 0.5) is 0 Å². The predicted octanol–water partition coefficient (Wildman–Crippen LogP) is 1.77. The molecule has 18 heavy (non-hydrogen) atoms. The fraction of sp³-hybridized carbons (Fsp3) is 0.857. The minimum Gasteiger partial charge on any atom is -0.381 e. The Labute approximate surface area is 109 Å². The molecule has 0 spiro atoms. The van der Waals surface area contributed by atoms with Gasteiger partial charge in [0.1, 0.15) is 0 Å². The summed E-state index contributed by atoms with van der Waals surface area (Å²) < 4.78 is 5.31. The molecule has 2 fully saturated rings. The summed E-state index contributed by atoms with van der Waals surface area (Å²) in [7, 11) is 0. The molecule has 0 aliphatic carbocycles. The molecule has 0 bridgehead atoms. The van der Waals surface area contributed by atoms with Gasteiger partial charge in [0.15, 0.2) is 5.78 Å². The number of carbonyl (C=O) groups excluding carboxylic acids is 2.